The predicted octanol–water partition coefficient (Wildman–Crippen LogP) is 1.44. The third-order valence-corrected chi connectivity index (χ3v) is 2.64. The van der Waals surface area contributed by atoms with E-state index in [4.69, 9.17) is 9.84 Å². The van der Waals surface area contributed by atoms with Gasteiger partial charge in [-0.3, -0.25) is 0 Å². The maximum Gasteiger partial charge on any atom is 0.337 e. The van der Waals surface area contributed by atoms with Crippen LogP contribution in [0.5, 0.6) is 0 Å². The fourth-order valence-corrected chi connectivity index (χ4v) is 1.76. The largest absolute Gasteiger partial charge is 0.478 e. The maximum atomic E-state index is 11.2. The number of rotatable bonds is 3. The summed E-state index contributed by atoms with van der Waals surface area (Å²) < 4.78 is 6.76. The van der Waals surface area contributed by atoms with Crippen LogP contribution in [0.1, 0.15) is 34.6 Å². The summed E-state index contributed by atoms with van der Waals surface area (Å²) in [6.07, 6.45) is 2.71. The predicted molar refractivity (Wildman–Crippen MR) is 60.1 cm³/mol. The molecule has 0 amide bonds. The first-order valence-electron chi connectivity index (χ1n) is 5.15. The standard InChI is InChI=1S/C11H13N3O3/c1-6-5-14-10(13-6)9(7(2)17-3)8(4-12-14)11(15)16/h4-5,7H,1-3H3,(H,15,16)/t7-/m0/s1. The number of carboxylic acid groups (broad SMARTS) is 1. The first-order valence-corrected chi connectivity index (χ1v) is 5.15. The number of imidazole rings is 1. The first-order chi connectivity index (χ1) is 8.04. The van der Waals surface area contributed by atoms with Gasteiger partial charge in [-0.2, -0.15) is 5.10 Å². The lowest BCUT2D eigenvalue weighted by Gasteiger charge is -2.13. The van der Waals surface area contributed by atoms with Crippen LogP contribution < -0.4 is 0 Å². The Balaban J connectivity index is 2.78. The molecule has 6 heteroatoms. The number of hydrogen-bond acceptors (Lipinski definition) is 4. The summed E-state index contributed by atoms with van der Waals surface area (Å²) >= 11 is 0. The molecule has 2 heterocycles. The van der Waals surface area contributed by atoms with Gasteiger partial charge in [0.1, 0.15) is 0 Å². The molecule has 0 fully saturated rings. The minimum atomic E-state index is -1.03. The van der Waals surface area contributed by atoms with Crippen LogP contribution in [0.4, 0.5) is 0 Å². The average Bonchev–Trinajstić information content (AvgIpc) is 2.66. The van der Waals surface area contributed by atoms with Crippen LogP contribution in [0.3, 0.4) is 0 Å². The number of aromatic carboxylic acids is 1. The molecule has 0 aliphatic carbocycles. The quantitative estimate of drug-likeness (QED) is 0.871. The topological polar surface area (TPSA) is 76.7 Å². The van der Waals surface area contributed by atoms with E-state index in [9.17, 15) is 4.79 Å². The Labute approximate surface area is 97.9 Å². The van der Waals surface area contributed by atoms with Crippen molar-refractivity contribution in [1.29, 1.82) is 0 Å². The van der Waals surface area contributed by atoms with Crippen molar-refractivity contribution in [3.63, 3.8) is 0 Å². The van der Waals surface area contributed by atoms with Crippen LogP contribution in [0, 0.1) is 6.92 Å². The molecule has 0 radical (unpaired) electrons. The lowest BCUT2D eigenvalue weighted by Crippen LogP contribution is -2.11. The second-order valence-corrected chi connectivity index (χ2v) is 3.81. The average molecular weight is 235 g/mol. The molecule has 0 spiro atoms. The smallest absolute Gasteiger partial charge is 0.337 e. The van der Waals surface area contributed by atoms with Gasteiger partial charge in [-0.05, 0) is 13.8 Å². The summed E-state index contributed by atoms with van der Waals surface area (Å²) in [5.41, 5.74) is 1.97. The van der Waals surface area contributed by atoms with Crippen molar-refractivity contribution >= 4 is 11.6 Å². The second kappa shape index (κ2) is 4.14. The molecule has 0 aliphatic rings. The van der Waals surface area contributed by atoms with Crippen LogP contribution in [0.25, 0.3) is 5.65 Å². The summed E-state index contributed by atoms with van der Waals surface area (Å²) in [5, 5.41) is 13.2. The minimum Gasteiger partial charge on any atom is -0.478 e. The zero-order valence-corrected chi connectivity index (χ0v) is 9.84. The third-order valence-electron chi connectivity index (χ3n) is 2.64. The van der Waals surface area contributed by atoms with E-state index in [1.165, 1.54) is 13.3 Å². The highest BCUT2D eigenvalue weighted by Gasteiger charge is 2.21. The van der Waals surface area contributed by atoms with Gasteiger partial charge in [0.05, 0.1) is 29.8 Å². The monoisotopic (exact) mass is 235 g/mol. The summed E-state index contributed by atoms with van der Waals surface area (Å²) in [4.78, 5) is 15.4. The van der Waals surface area contributed by atoms with Crippen LogP contribution in [-0.4, -0.2) is 32.8 Å². The van der Waals surface area contributed by atoms with Gasteiger partial charge < -0.3 is 9.84 Å². The molecule has 17 heavy (non-hydrogen) atoms. The molecule has 1 N–H and O–H groups in total. The highest BCUT2D eigenvalue weighted by Crippen LogP contribution is 2.24. The molecule has 0 aliphatic heterocycles. The molecule has 2 aromatic rings. The lowest BCUT2D eigenvalue weighted by atomic mass is 10.1. The number of aryl methyl sites for hydroxylation is 1. The van der Waals surface area contributed by atoms with Gasteiger partial charge in [-0.15, -0.1) is 0 Å². The van der Waals surface area contributed by atoms with Crippen molar-refractivity contribution in [2.45, 2.75) is 20.0 Å². The molecule has 0 aromatic carbocycles. The van der Waals surface area contributed by atoms with Crippen LogP contribution in [-0.2, 0) is 4.74 Å². The summed E-state index contributed by atoms with van der Waals surface area (Å²) in [6, 6.07) is 0. The molecular formula is C11H13N3O3. The van der Waals surface area contributed by atoms with Crippen LogP contribution in [0.2, 0.25) is 0 Å². The van der Waals surface area contributed by atoms with E-state index in [1.807, 2.05) is 6.92 Å². The molecule has 2 aromatic heterocycles. The van der Waals surface area contributed by atoms with E-state index in [-0.39, 0.29) is 11.7 Å². The van der Waals surface area contributed by atoms with E-state index in [1.54, 1.807) is 17.6 Å². The molecule has 1 atom stereocenters. The fraction of sp³-hybridized carbons (Fsp3) is 0.364. The Morgan fingerprint density at radius 1 is 1.59 bits per heavy atom. The number of ether oxygens (including phenoxy) is 1. The van der Waals surface area contributed by atoms with Crippen LogP contribution >= 0.6 is 0 Å². The number of methoxy groups -OCH3 is 1. The molecular weight excluding hydrogens is 222 g/mol. The van der Waals surface area contributed by atoms with Crippen molar-refractivity contribution in [1.82, 2.24) is 14.6 Å². The van der Waals surface area contributed by atoms with E-state index in [0.717, 1.165) is 5.69 Å². The third kappa shape index (κ3) is 1.87. The fourth-order valence-electron chi connectivity index (χ4n) is 1.76. The molecule has 0 unspecified atom stereocenters. The van der Waals surface area contributed by atoms with Crippen molar-refractivity contribution in [3.8, 4) is 0 Å². The van der Waals surface area contributed by atoms with Crippen molar-refractivity contribution in [3.05, 3.63) is 29.2 Å². The Kier molecular flexibility index (Phi) is 2.81. The lowest BCUT2D eigenvalue weighted by molar-refractivity contribution is 0.0682. The van der Waals surface area contributed by atoms with Gasteiger partial charge >= 0.3 is 5.97 Å². The molecule has 90 valence electrons. The number of nitrogens with zero attached hydrogens (tertiary/aromatic N) is 3. The van der Waals surface area contributed by atoms with E-state index < -0.39 is 5.97 Å². The molecule has 0 saturated heterocycles. The summed E-state index contributed by atoms with van der Waals surface area (Å²) in [7, 11) is 1.53. The first kappa shape index (κ1) is 11.5. The Morgan fingerprint density at radius 3 is 2.88 bits per heavy atom. The molecule has 2 rings (SSSR count). The zero-order chi connectivity index (χ0) is 12.6. The number of hydrogen-bond donors (Lipinski definition) is 1. The van der Waals surface area contributed by atoms with E-state index in [2.05, 4.69) is 10.1 Å². The Hall–Kier alpha value is -1.95. The SMILES string of the molecule is CO[C@@H](C)c1c(C(=O)O)cnn2cc(C)nc12. The van der Waals surface area contributed by atoms with Gasteiger partial charge in [0.2, 0.25) is 0 Å². The number of carboxylic acids is 1. The van der Waals surface area contributed by atoms with Crippen LogP contribution in [0.15, 0.2) is 12.4 Å². The Morgan fingerprint density at radius 2 is 2.29 bits per heavy atom. The molecule has 0 bridgehead atoms. The summed E-state index contributed by atoms with van der Waals surface area (Å²) in [6.45, 7) is 3.61. The molecule has 0 saturated carbocycles. The van der Waals surface area contributed by atoms with Crippen molar-refractivity contribution in [2.24, 2.45) is 0 Å². The van der Waals surface area contributed by atoms with Crippen molar-refractivity contribution < 1.29 is 14.6 Å². The minimum absolute atomic E-state index is 0.123. The highest BCUT2D eigenvalue weighted by atomic mass is 16.5. The number of carbonyl (C=O) groups is 1. The Bertz CT molecular complexity index is 577. The number of aromatic nitrogens is 3. The van der Waals surface area contributed by atoms with Gasteiger partial charge in [0.25, 0.3) is 0 Å². The molecule has 6 nitrogen and oxygen atoms in total. The van der Waals surface area contributed by atoms with Gasteiger partial charge in [-0.1, -0.05) is 0 Å². The van der Waals surface area contributed by atoms with E-state index >= 15 is 0 Å². The summed E-state index contributed by atoms with van der Waals surface area (Å²) in [5.74, 6) is -1.03. The van der Waals surface area contributed by atoms with Gasteiger partial charge in [0, 0.05) is 12.7 Å². The van der Waals surface area contributed by atoms with E-state index in [0.29, 0.717) is 11.2 Å². The number of fused-ring (bicyclic) bond motifs is 1. The second-order valence-electron chi connectivity index (χ2n) is 3.81. The maximum absolute atomic E-state index is 11.2. The highest BCUT2D eigenvalue weighted by molar-refractivity contribution is 5.91. The van der Waals surface area contributed by atoms with Gasteiger partial charge in [0.15, 0.2) is 5.65 Å². The van der Waals surface area contributed by atoms with Crippen molar-refractivity contribution in [2.75, 3.05) is 7.11 Å². The normalized spacial score (nSPS) is 12.9. The van der Waals surface area contributed by atoms with Gasteiger partial charge in [-0.25, -0.2) is 14.3 Å². The zero-order valence-electron chi connectivity index (χ0n) is 9.84.